The molecular formula is C20H22ClN5O2. The van der Waals surface area contributed by atoms with E-state index in [1.807, 2.05) is 14.1 Å². The smallest absolute Gasteiger partial charge is 0.292 e. The first-order valence-electron chi connectivity index (χ1n) is 8.92. The normalized spacial score (nSPS) is 11.0. The number of hydrogen-bond donors (Lipinski definition) is 2. The van der Waals surface area contributed by atoms with Crippen LogP contribution in [0.25, 0.3) is 5.52 Å². The van der Waals surface area contributed by atoms with E-state index >= 15 is 0 Å². The number of anilines is 1. The van der Waals surface area contributed by atoms with Gasteiger partial charge in [-0.15, -0.1) is 0 Å². The summed E-state index contributed by atoms with van der Waals surface area (Å²) in [5, 5.41) is 6.22. The summed E-state index contributed by atoms with van der Waals surface area (Å²) in [4.78, 5) is 31.7. The largest absolute Gasteiger partial charge is 0.351 e. The number of nitrogens with zero attached hydrogens (tertiary/aromatic N) is 3. The Morgan fingerprint density at radius 2 is 1.86 bits per heavy atom. The molecule has 0 aliphatic heterocycles. The predicted molar refractivity (Wildman–Crippen MR) is 110 cm³/mol. The van der Waals surface area contributed by atoms with Crippen LogP contribution in [0.5, 0.6) is 0 Å². The van der Waals surface area contributed by atoms with Crippen LogP contribution >= 0.6 is 11.6 Å². The number of carbonyl (C=O) groups excluding carboxylic acids is 2. The van der Waals surface area contributed by atoms with Crippen LogP contribution < -0.4 is 10.6 Å². The van der Waals surface area contributed by atoms with E-state index in [9.17, 15) is 9.59 Å². The van der Waals surface area contributed by atoms with Crippen LogP contribution in [0.15, 0.2) is 48.7 Å². The molecule has 0 unspecified atom stereocenters. The van der Waals surface area contributed by atoms with Crippen molar-refractivity contribution in [1.29, 1.82) is 0 Å². The van der Waals surface area contributed by atoms with Crippen LogP contribution in [0.2, 0.25) is 5.02 Å². The van der Waals surface area contributed by atoms with Crippen LogP contribution in [-0.2, 0) is 0 Å². The van der Waals surface area contributed by atoms with Gasteiger partial charge in [0.1, 0.15) is 0 Å². The fourth-order valence-corrected chi connectivity index (χ4v) is 2.89. The minimum absolute atomic E-state index is 0.143. The van der Waals surface area contributed by atoms with Gasteiger partial charge in [-0.25, -0.2) is 4.98 Å². The lowest BCUT2D eigenvalue weighted by Gasteiger charge is -2.09. The summed E-state index contributed by atoms with van der Waals surface area (Å²) in [5.41, 5.74) is 1.40. The van der Waals surface area contributed by atoms with Crippen LogP contribution in [-0.4, -0.2) is 53.3 Å². The van der Waals surface area contributed by atoms with Gasteiger partial charge in [0.05, 0.1) is 5.52 Å². The van der Waals surface area contributed by atoms with Gasteiger partial charge in [0, 0.05) is 23.5 Å². The summed E-state index contributed by atoms with van der Waals surface area (Å²) < 4.78 is 1.61. The molecule has 7 nitrogen and oxygen atoms in total. The van der Waals surface area contributed by atoms with Crippen molar-refractivity contribution in [2.75, 3.05) is 32.5 Å². The Labute approximate surface area is 168 Å². The van der Waals surface area contributed by atoms with E-state index in [0.29, 0.717) is 22.8 Å². The third kappa shape index (κ3) is 4.68. The van der Waals surface area contributed by atoms with E-state index in [-0.39, 0.29) is 17.4 Å². The molecule has 0 aliphatic carbocycles. The number of aromatic nitrogens is 2. The lowest BCUT2D eigenvalue weighted by molar-refractivity contribution is 0.0949. The molecule has 2 amide bonds. The van der Waals surface area contributed by atoms with Crippen molar-refractivity contribution in [3.63, 3.8) is 0 Å². The predicted octanol–water partition coefficient (Wildman–Crippen LogP) is 2.92. The number of rotatable bonds is 7. The van der Waals surface area contributed by atoms with Gasteiger partial charge < -0.3 is 15.5 Å². The fourth-order valence-electron chi connectivity index (χ4n) is 2.77. The molecule has 0 fully saturated rings. The summed E-state index contributed by atoms with van der Waals surface area (Å²) >= 11 is 5.87. The van der Waals surface area contributed by atoms with E-state index in [1.54, 1.807) is 53.1 Å². The van der Waals surface area contributed by atoms with Gasteiger partial charge in [0.15, 0.2) is 5.69 Å². The highest BCUT2D eigenvalue weighted by molar-refractivity contribution is 6.30. The molecule has 0 radical (unpaired) electrons. The first-order valence-corrected chi connectivity index (χ1v) is 9.30. The zero-order chi connectivity index (χ0) is 20.1. The molecule has 3 aromatic rings. The van der Waals surface area contributed by atoms with Gasteiger partial charge in [-0.3, -0.25) is 14.0 Å². The number of fused-ring (bicyclic) bond motifs is 1. The van der Waals surface area contributed by atoms with Crippen LogP contribution in [0.1, 0.15) is 27.5 Å². The number of hydrogen-bond acceptors (Lipinski definition) is 4. The van der Waals surface area contributed by atoms with Crippen molar-refractivity contribution in [2.24, 2.45) is 0 Å². The van der Waals surface area contributed by atoms with E-state index in [1.165, 1.54) is 0 Å². The monoisotopic (exact) mass is 399 g/mol. The Balaban J connectivity index is 1.80. The molecule has 3 rings (SSSR count). The average molecular weight is 400 g/mol. The molecular weight excluding hydrogens is 378 g/mol. The Bertz CT molecular complexity index is 982. The van der Waals surface area contributed by atoms with Crippen molar-refractivity contribution in [1.82, 2.24) is 19.6 Å². The van der Waals surface area contributed by atoms with Crippen molar-refractivity contribution in [3.8, 4) is 0 Å². The molecule has 2 aromatic heterocycles. The van der Waals surface area contributed by atoms with Gasteiger partial charge in [-0.2, -0.15) is 0 Å². The SMILES string of the molecule is CN(C)CCCNC(=O)c1nc(C(=O)Nc2ccc(Cl)cc2)n2ccccc12. The summed E-state index contributed by atoms with van der Waals surface area (Å²) in [6, 6.07) is 12.1. The average Bonchev–Trinajstić information content (AvgIpc) is 3.07. The van der Waals surface area contributed by atoms with E-state index in [0.717, 1.165) is 13.0 Å². The van der Waals surface area contributed by atoms with Gasteiger partial charge in [0.2, 0.25) is 5.82 Å². The van der Waals surface area contributed by atoms with E-state index in [2.05, 4.69) is 20.5 Å². The van der Waals surface area contributed by atoms with Gasteiger partial charge in [0.25, 0.3) is 11.8 Å². The van der Waals surface area contributed by atoms with Crippen LogP contribution in [0.4, 0.5) is 5.69 Å². The van der Waals surface area contributed by atoms with Crippen molar-refractivity contribution < 1.29 is 9.59 Å². The summed E-state index contributed by atoms with van der Waals surface area (Å²) in [6.07, 6.45) is 2.54. The maximum absolute atomic E-state index is 12.7. The lowest BCUT2D eigenvalue weighted by Crippen LogP contribution is -2.27. The van der Waals surface area contributed by atoms with Crippen molar-refractivity contribution in [2.45, 2.75) is 6.42 Å². The number of carbonyl (C=O) groups is 2. The molecule has 1 aromatic carbocycles. The number of halogens is 1. The number of imidazole rings is 1. The third-order valence-electron chi connectivity index (χ3n) is 4.14. The summed E-state index contributed by atoms with van der Waals surface area (Å²) in [5.74, 6) is -0.563. The molecule has 28 heavy (non-hydrogen) atoms. The molecule has 0 spiro atoms. The Morgan fingerprint density at radius 1 is 1.11 bits per heavy atom. The minimum atomic E-state index is -0.407. The van der Waals surface area contributed by atoms with E-state index in [4.69, 9.17) is 11.6 Å². The highest BCUT2D eigenvalue weighted by atomic mass is 35.5. The van der Waals surface area contributed by atoms with Crippen molar-refractivity contribution >= 4 is 34.6 Å². The number of pyridine rings is 1. The van der Waals surface area contributed by atoms with Crippen molar-refractivity contribution in [3.05, 3.63) is 65.2 Å². The highest BCUT2D eigenvalue weighted by Gasteiger charge is 2.21. The lowest BCUT2D eigenvalue weighted by atomic mass is 10.3. The number of amides is 2. The fraction of sp³-hybridized carbons (Fsp3) is 0.250. The molecule has 2 heterocycles. The van der Waals surface area contributed by atoms with Gasteiger partial charge in [-0.05, 0) is 63.5 Å². The molecule has 146 valence electrons. The molecule has 0 bridgehead atoms. The molecule has 0 saturated heterocycles. The maximum atomic E-state index is 12.7. The Morgan fingerprint density at radius 3 is 2.57 bits per heavy atom. The molecule has 0 aliphatic rings. The Kier molecular flexibility index (Phi) is 6.28. The Hall–Kier alpha value is -2.90. The standard InChI is InChI=1S/C20H22ClN5O2/c1-25(2)12-5-11-22-19(27)17-16-6-3-4-13-26(16)18(24-17)20(28)23-15-9-7-14(21)8-10-15/h3-4,6-10,13H,5,11-12H2,1-2H3,(H,22,27)(H,23,28). The zero-order valence-corrected chi connectivity index (χ0v) is 16.5. The zero-order valence-electron chi connectivity index (χ0n) is 15.8. The topological polar surface area (TPSA) is 78.7 Å². The number of nitrogens with one attached hydrogen (secondary N) is 2. The molecule has 0 atom stereocenters. The third-order valence-corrected chi connectivity index (χ3v) is 4.39. The first-order chi connectivity index (χ1) is 13.5. The van der Waals surface area contributed by atoms with Gasteiger partial charge >= 0.3 is 0 Å². The molecule has 2 N–H and O–H groups in total. The van der Waals surface area contributed by atoms with Crippen LogP contribution in [0.3, 0.4) is 0 Å². The van der Waals surface area contributed by atoms with Gasteiger partial charge in [-0.1, -0.05) is 17.7 Å². The second-order valence-corrected chi connectivity index (χ2v) is 7.05. The molecule has 0 saturated carbocycles. The quantitative estimate of drug-likeness (QED) is 0.599. The summed E-state index contributed by atoms with van der Waals surface area (Å²) in [6.45, 7) is 1.41. The van der Waals surface area contributed by atoms with E-state index < -0.39 is 5.91 Å². The molecule has 8 heteroatoms. The minimum Gasteiger partial charge on any atom is -0.351 e. The second kappa shape index (κ2) is 8.86. The maximum Gasteiger partial charge on any atom is 0.292 e. The van der Waals surface area contributed by atoms with Crippen LogP contribution in [0, 0.1) is 0 Å². The second-order valence-electron chi connectivity index (χ2n) is 6.61. The number of benzene rings is 1. The first kappa shape index (κ1) is 19.9. The summed E-state index contributed by atoms with van der Waals surface area (Å²) in [7, 11) is 3.96. The highest BCUT2D eigenvalue weighted by Crippen LogP contribution is 2.17.